The van der Waals surface area contributed by atoms with Crippen molar-refractivity contribution in [1.82, 2.24) is 9.88 Å². The van der Waals surface area contributed by atoms with Gasteiger partial charge in [0.25, 0.3) is 0 Å². The predicted octanol–water partition coefficient (Wildman–Crippen LogP) is 4.30. The van der Waals surface area contributed by atoms with Gasteiger partial charge in [-0.1, -0.05) is 0 Å². The number of alkyl halides is 3. The lowest BCUT2D eigenvalue weighted by Crippen LogP contribution is -2.42. The number of carboxylic acid groups (broad SMARTS) is 1. The van der Waals surface area contributed by atoms with Gasteiger partial charge in [0.15, 0.2) is 5.78 Å². The minimum Gasteiger partial charge on any atom is -0.475 e. The number of likely N-dealkylation sites (tertiary alicyclic amines) is 1. The summed E-state index contributed by atoms with van der Waals surface area (Å²) in [5.74, 6) is -6.04. The van der Waals surface area contributed by atoms with Gasteiger partial charge in [0.05, 0.1) is 17.2 Å². The molecule has 1 aromatic carbocycles. The van der Waals surface area contributed by atoms with E-state index in [1.54, 1.807) is 29.3 Å². The monoisotopic (exact) mass is 498 g/mol. The van der Waals surface area contributed by atoms with Crippen LogP contribution in [-0.4, -0.2) is 52.0 Å². The highest BCUT2D eigenvalue weighted by Gasteiger charge is 2.38. The topological polar surface area (TPSA) is 123 Å². The van der Waals surface area contributed by atoms with Crippen LogP contribution < -0.4 is 5.32 Å². The molecular formula is C22H19F5N4O4. The number of rotatable bonds is 3. The lowest BCUT2D eigenvalue weighted by atomic mass is 9.88. The largest absolute Gasteiger partial charge is 0.490 e. The second-order valence-corrected chi connectivity index (χ2v) is 7.47. The van der Waals surface area contributed by atoms with E-state index in [4.69, 9.17) is 15.2 Å². The van der Waals surface area contributed by atoms with Gasteiger partial charge in [-0.05, 0) is 44.0 Å². The molecule has 0 radical (unpaired) electrons. The molecule has 1 aromatic heterocycles. The lowest BCUT2D eigenvalue weighted by Gasteiger charge is -2.31. The summed E-state index contributed by atoms with van der Waals surface area (Å²) >= 11 is 0. The molecule has 3 rings (SSSR count). The van der Waals surface area contributed by atoms with Crippen LogP contribution in [0.2, 0.25) is 0 Å². The van der Waals surface area contributed by atoms with Gasteiger partial charge in [-0.3, -0.25) is 9.78 Å². The first-order chi connectivity index (χ1) is 16.3. The number of carboxylic acids is 1. The summed E-state index contributed by atoms with van der Waals surface area (Å²) in [5.41, 5.74) is 0.601. The van der Waals surface area contributed by atoms with Gasteiger partial charge in [-0.2, -0.15) is 18.4 Å². The third-order valence-electron chi connectivity index (χ3n) is 4.96. The number of carbonyl (C=O) groups is 3. The van der Waals surface area contributed by atoms with Crippen LogP contribution in [0.4, 0.5) is 32.4 Å². The second-order valence-electron chi connectivity index (χ2n) is 7.47. The fourth-order valence-electron chi connectivity index (χ4n) is 3.25. The van der Waals surface area contributed by atoms with E-state index < -0.39 is 41.0 Å². The van der Waals surface area contributed by atoms with Gasteiger partial charge in [0, 0.05) is 36.6 Å². The second kappa shape index (κ2) is 11.4. The number of urea groups is 1. The highest BCUT2D eigenvalue weighted by atomic mass is 19.4. The highest BCUT2D eigenvalue weighted by Crippen LogP contribution is 2.26. The van der Waals surface area contributed by atoms with Crippen molar-refractivity contribution >= 4 is 23.5 Å². The summed E-state index contributed by atoms with van der Waals surface area (Å²) in [6, 6.07) is 6.48. The average Bonchev–Trinajstić information content (AvgIpc) is 2.78. The first-order valence-corrected chi connectivity index (χ1v) is 10.1. The van der Waals surface area contributed by atoms with Crippen molar-refractivity contribution in [3.63, 3.8) is 0 Å². The maximum Gasteiger partial charge on any atom is 0.490 e. The number of pyridine rings is 1. The Morgan fingerprint density at radius 3 is 2.14 bits per heavy atom. The van der Waals surface area contributed by atoms with Crippen LogP contribution in [0.1, 0.15) is 34.5 Å². The number of hydrogen-bond donors (Lipinski definition) is 2. The number of nitrogens with zero attached hydrogens (tertiary/aromatic N) is 3. The fourth-order valence-corrected chi connectivity index (χ4v) is 3.25. The molecule has 1 saturated heterocycles. The number of anilines is 1. The van der Waals surface area contributed by atoms with E-state index in [0.29, 0.717) is 31.6 Å². The molecule has 0 spiro atoms. The van der Waals surface area contributed by atoms with Crippen LogP contribution in [0.15, 0.2) is 30.5 Å². The number of amides is 2. The number of piperidine rings is 1. The number of nitriles is 1. The minimum atomic E-state index is -5.08. The Kier molecular flexibility index (Phi) is 8.82. The molecule has 1 aliphatic rings. The number of Topliss-reactive ketones (excluding diaryl/α,β-unsaturated/α-hetero) is 1. The molecule has 186 valence electrons. The van der Waals surface area contributed by atoms with Gasteiger partial charge >= 0.3 is 18.2 Å². The number of hydrogen-bond acceptors (Lipinski definition) is 5. The third-order valence-corrected chi connectivity index (χ3v) is 4.96. The standard InChI is InChI=1S/C20H18F2N4O2.C2HF3O2/c1-12-8-15(2-5-24-12)25-20(28)26-6-3-14(4-7-26)19(27)18-16(21)9-13(11-23)10-17(18)22;3-2(4,5)1(6)7/h2,5,8-10,14H,3-4,6-7H2,1H3,(H,24,25,28);(H,6,7). The molecule has 2 heterocycles. The lowest BCUT2D eigenvalue weighted by molar-refractivity contribution is -0.192. The summed E-state index contributed by atoms with van der Waals surface area (Å²) in [6.45, 7) is 2.41. The number of aryl methyl sites for hydroxylation is 1. The van der Waals surface area contributed by atoms with E-state index in [-0.39, 0.29) is 11.6 Å². The quantitative estimate of drug-likeness (QED) is 0.481. The molecule has 1 fully saturated rings. The summed E-state index contributed by atoms with van der Waals surface area (Å²) < 4.78 is 59.9. The molecule has 35 heavy (non-hydrogen) atoms. The zero-order chi connectivity index (χ0) is 26.3. The van der Waals surface area contributed by atoms with Gasteiger partial charge in [-0.15, -0.1) is 0 Å². The number of benzene rings is 1. The fraction of sp³-hybridized carbons (Fsp3) is 0.318. The highest BCUT2D eigenvalue weighted by molar-refractivity contribution is 5.98. The van der Waals surface area contributed by atoms with Crippen molar-refractivity contribution in [2.45, 2.75) is 25.9 Å². The zero-order valence-electron chi connectivity index (χ0n) is 18.2. The molecule has 2 amide bonds. The molecule has 0 unspecified atom stereocenters. The summed E-state index contributed by atoms with van der Waals surface area (Å²) in [7, 11) is 0. The molecule has 0 atom stereocenters. The zero-order valence-corrected chi connectivity index (χ0v) is 18.2. The number of nitrogens with one attached hydrogen (secondary N) is 1. The van der Waals surface area contributed by atoms with Crippen molar-refractivity contribution in [3.05, 3.63) is 58.9 Å². The first kappa shape index (κ1) is 27.2. The smallest absolute Gasteiger partial charge is 0.475 e. The first-order valence-electron chi connectivity index (χ1n) is 10.1. The molecule has 1 aliphatic heterocycles. The molecule has 2 N–H and O–H groups in total. The van der Waals surface area contributed by atoms with Gasteiger partial charge in [0.1, 0.15) is 11.6 Å². The maximum absolute atomic E-state index is 14.1. The molecule has 8 nitrogen and oxygen atoms in total. The van der Waals surface area contributed by atoms with Crippen molar-refractivity contribution < 1.29 is 41.4 Å². The Hall–Kier alpha value is -4.08. The average molecular weight is 498 g/mol. The SMILES string of the molecule is Cc1cc(NC(=O)N2CCC(C(=O)c3c(F)cc(C#N)cc3F)CC2)ccn1.O=C(O)C(F)(F)F. The van der Waals surface area contributed by atoms with Crippen molar-refractivity contribution in [2.24, 2.45) is 5.92 Å². The van der Waals surface area contributed by atoms with E-state index in [1.165, 1.54) is 0 Å². The third kappa shape index (κ3) is 7.46. The van der Waals surface area contributed by atoms with Crippen LogP contribution in [-0.2, 0) is 4.79 Å². The predicted molar refractivity (Wildman–Crippen MR) is 111 cm³/mol. The Morgan fingerprint density at radius 2 is 1.69 bits per heavy atom. The van der Waals surface area contributed by atoms with Gasteiger partial charge < -0.3 is 15.3 Å². The molecule has 0 aliphatic carbocycles. The molecule has 13 heteroatoms. The normalized spacial score (nSPS) is 13.8. The Bertz CT molecular complexity index is 1130. The summed E-state index contributed by atoms with van der Waals surface area (Å²) in [5, 5.41) is 18.6. The van der Waals surface area contributed by atoms with Crippen LogP contribution in [0, 0.1) is 35.8 Å². The molecule has 0 bridgehead atoms. The van der Waals surface area contributed by atoms with Crippen molar-refractivity contribution in [3.8, 4) is 6.07 Å². The van der Waals surface area contributed by atoms with Crippen molar-refractivity contribution in [2.75, 3.05) is 18.4 Å². The minimum absolute atomic E-state index is 0.176. The Labute approximate surface area is 196 Å². The maximum atomic E-state index is 14.1. The van der Waals surface area contributed by atoms with E-state index in [0.717, 1.165) is 17.8 Å². The molecular weight excluding hydrogens is 479 g/mol. The van der Waals surface area contributed by atoms with Gasteiger partial charge in [-0.25, -0.2) is 18.4 Å². The summed E-state index contributed by atoms with van der Waals surface area (Å²) in [4.78, 5) is 39.4. The molecule has 0 saturated carbocycles. The van der Waals surface area contributed by atoms with Crippen molar-refractivity contribution in [1.29, 1.82) is 5.26 Å². The Balaban J connectivity index is 0.000000540. The number of halogens is 5. The van der Waals surface area contributed by atoms with E-state index in [9.17, 15) is 31.5 Å². The number of carbonyl (C=O) groups excluding carboxylic acids is 2. The Morgan fingerprint density at radius 1 is 1.14 bits per heavy atom. The summed E-state index contributed by atoms with van der Waals surface area (Å²) in [6.07, 6.45) is -2.88. The number of ketones is 1. The van der Waals surface area contributed by atoms with Crippen LogP contribution in [0.25, 0.3) is 0 Å². The van der Waals surface area contributed by atoms with E-state index >= 15 is 0 Å². The van der Waals surface area contributed by atoms with Crippen LogP contribution in [0.5, 0.6) is 0 Å². The van der Waals surface area contributed by atoms with Crippen LogP contribution in [0.3, 0.4) is 0 Å². The van der Waals surface area contributed by atoms with Gasteiger partial charge in [0.2, 0.25) is 0 Å². The molecule has 2 aromatic rings. The number of aromatic nitrogens is 1. The van der Waals surface area contributed by atoms with E-state index in [2.05, 4.69) is 10.3 Å². The number of aliphatic carboxylic acids is 1. The van der Waals surface area contributed by atoms with Crippen LogP contribution >= 0.6 is 0 Å². The van der Waals surface area contributed by atoms with E-state index in [1.807, 2.05) is 6.92 Å².